The predicted molar refractivity (Wildman–Crippen MR) is 114 cm³/mol. The molecule has 2 aromatic rings. The number of benzene rings is 2. The summed E-state index contributed by atoms with van der Waals surface area (Å²) in [5.74, 6) is 0. The molecule has 2 aliphatic rings. The number of rotatable bonds is 4. The second kappa shape index (κ2) is 8.03. The van der Waals surface area contributed by atoms with E-state index in [1.165, 1.54) is 0 Å². The minimum atomic E-state index is -0.123. The van der Waals surface area contributed by atoms with Gasteiger partial charge in [0.25, 0.3) is 0 Å². The number of nitrogens with zero attached hydrogens (tertiary/aromatic N) is 3. The number of carbonyl (C=O) groups excluding carboxylic acids is 2. The van der Waals surface area contributed by atoms with E-state index in [-0.39, 0.29) is 24.1 Å². The summed E-state index contributed by atoms with van der Waals surface area (Å²) in [6, 6.07) is 18.0. The van der Waals surface area contributed by atoms with Gasteiger partial charge in [0.2, 0.25) is 0 Å². The maximum atomic E-state index is 12.9. The summed E-state index contributed by atoms with van der Waals surface area (Å²) >= 11 is 0. The van der Waals surface area contributed by atoms with Crippen molar-refractivity contribution in [3.05, 3.63) is 60.2 Å². The van der Waals surface area contributed by atoms with Crippen LogP contribution in [0.25, 0.3) is 0 Å². The lowest BCUT2D eigenvalue weighted by atomic mass is 10.0. The van der Waals surface area contributed by atoms with Crippen molar-refractivity contribution < 1.29 is 9.59 Å². The molecule has 4 amide bonds. The highest BCUT2D eigenvalue weighted by molar-refractivity contribution is 5.90. The van der Waals surface area contributed by atoms with Crippen LogP contribution in [0.3, 0.4) is 0 Å². The standard InChI is InChI=1S/C22H27N5O2/c1-25(17-9-4-3-5-10-17)14-16-8-6-7-11-18(16)23-22(29)27-13-12-20-19(15-27)24-21(28)26(20)2/h3-11,19-20H,12-15H2,1-2H3,(H,23,29)(H,24,28)/t19-,20+/m1/s1. The summed E-state index contributed by atoms with van der Waals surface area (Å²) in [5, 5.41) is 6.04. The Labute approximate surface area is 171 Å². The number of urea groups is 2. The van der Waals surface area contributed by atoms with Gasteiger partial charge in [0.15, 0.2) is 0 Å². The van der Waals surface area contributed by atoms with E-state index in [4.69, 9.17) is 0 Å². The van der Waals surface area contributed by atoms with Gasteiger partial charge in [0.1, 0.15) is 0 Å². The zero-order valence-electron chi connectivity index (χ0n) is 16.8. The molecule has 2 N–H and O–H groups in total. The fraction of sp³-hybridized carbons (Fsp3) is 0.364. The number of likely N-dealkylation sites (N-methyl/N-ethyl adjacent to an activating group) is 1. The molecule has 7 heteroatoms. The van der Waals surface area contributed by atoms with Gasteiger partial charge in [0, 0.05) is 45.1 Å². The first kappa shape index (κ1) is 19.1. The van der Waals surface area contributed by atoms with E-state index in [2.05, 4.69) is 27.7 Å². The molecule has 0 radical (unpaired) electrons. The van der Waals surface area contributed by atoms with Gasteiger partial charge in [-0.3, -0.25) is 0 Å². The number of anilines is 2. The number of likely N-dealkylation sites (tertiary alicyclic amines) is 1. The molecule has 152 valence electrons. The van der Waals surface area contributed by atoms with E-state index in [1.807, 2.05) is 56.6 Å². The Morgan fingerprint density at radius 1 is 1.17 bits per heavy atom. The molecule has 7 nitrogen and oxygen atoms in total. The summed E-state index contributed by atoms with van der Waals surface area (Å²) in [4.78, 5) is 30.5. The van der Waals surface area contributed by atoms with Crippen LogP contribution in [-0.4, -0.2) is 61.1 Å². The topological polar surface area (TPSA) is 67.9 Å². The summed E-state index contributed by atoms with van der Waals surface area (Å²) in [6.07, 6.45) is 0.783. The highest BCUT2D eigenvalue weighted by Gasteiger charge is 2.41. The van der Waals surface area contributed by atoms with Crippen molar-refractivity contribution in [1.82, 2.24) is 15.1 Å². The van der Waals surface area contributed by atoms with Gasteiger partial charge in [-0.2, -0.15) is 0 Å². The van der Waals surface area contributed by atoms with Crippen LogP contribution >= 0.6 is 0 Å². The Morgan fingerprint density at radius 2 is 1.90 bits per heavy atom. The van der Waals surface area contributed by atoms with Crippen molar-refractivity contribution in [3.8, 4) is 0 Å². The summed E-state index contributed by atoms with van der Waals surface area (Å²) in [6.45, 7) is 1.85. The van der Waals surface area contributed by atoms with Gasteiger partial charge in [-0.1, -0.05) is 36.4 Å². The monoisotopic (exact) mass is 393 g/mol. The van der Waals surface area contributed by atoms with Crippen LogP contribution in [0.5, 0.6) is 0 Å². The first-order valence-corrected chi connectivity index (χ1v) is 9.96. The van der Waals surface area contributed by atoms with E-state index in [0.29, 0.717) is 19.6 Å². The molecule has 2 aromatic carbocycles. The fourth-order valence-corrected chi connectivity index (χ4v) is 4.14. The lowest BCUT2D eigenvalue weighted by Gasteiger charge is -2.35. The van der Waals surface area contributed by atoms with Crippen LogP contribution in [0.15, 0.2) is 54.6 Å². The third-order valence-electron chi connectivity index (χ3n) is 5.85. The molecule has 2 aliphatic heterocycles. The molecule has 29 heavy (non-hydrogen) atoms. The van der Waals surface area contributed by atoms with E-state index < -0.39 is 0 Å². The van der Waals surface area contributed by atoms with Gasteiger partial charge < -0.3 is 25.3 Å². The third-order valence-corrected chi connectivity index (χ3v) is 5.85. The average molecular weight is 393 g/mol. The number of amides is 4. The molecule has 2 atom stereocenters. The first-order valence-electron chi connectivity index (χ1n) is 9.96. The Balaban J connectivity index is 1.42. The Hall–Kier alpha value is -3.22. The van der Waals surface area contributed by atoms with E-state index >= 15 is 0 Å². The Bertz CT molecular complexity index is 888. The highest BCUT2D eigenvalue weighted by Crippen LogP contribution is 2.24. The van der Waals surface area contributed by atoms with Crippen molar-refractivity contribution in [2.45, 2.75) is 25.0 Å². The van der Waals surface area contributed by atoms with Crippen LogP contribution in [0.4, 0.5) is 21.0 Å². The highest BCUT2D eigenvalue weighted by atomic mass is 16.2. The minimum Gasteiger partial charge on any atom is -0.370 e. The molecule has 2 heterocycles. The van der Waals surface area contributed by atoms with Crippen LogP contribution in [0, 0.1) is 0 Å². The molecule has 0 saturated carbocycles. The number of carbonyl (C=O) groups is 2. The largest absolute Gasteiger partial charge is 0.370 e. The van der Waals surface area contributed by atoms with Crippen LogP contribution in [0.2, 0.25) is 0 Å². The van der Waals surface area contributed by atoms with Crippen LogP contribution in [-0.2, 0) is 6.54 Å². The van der Waals surface area contributed by atoms with Crippen molar-refractivity contribution in [1.29, 1.82) is 0 Å². The summed E-state index contributed by atoms with van der Waals surface area (Å²) in [7, 11) is 3.85. The zero-order valence-corrected chi connectivity index (χ0v) is 16.8. The minimum absolute atomic E-state index is 0.00791. The van der Waals surface area contributed by atoms with Crippen molar-refractivity contribution >= 4 is 23.4 Å². The second-order valence-electron chi connectivity index (χ2n) is 7.75. The quantitative estimate of drug-likeness (QED) is 0.839. The number of hydrogen-bond acceptors (Lipinski definition) is 3. The molecule has 2 saturated heterocycles. The van der Waals surface area contributed by atoms with Gasteiger partial charge in [-0.25, -0.2) is 9.59 Å². The molecular formula is C22H27N5O2. The SMILES string of the molecule is CN(Cc1ccccc1NC(=O)N1CC[C@H]2[C@@H](C1)NC(=O)N2C)c1ccccc1. The molecular weight excluding hydrogens is 366 g/mol. The Kier molecular flexibility index (Phi) is 5.29. The van der Waals surface area contributed by atoms with Crippen LogP contribution < -0.4 is 15.5 Å². The number of hydrogen-bond donors (Lipinski definition) is 2. The van der Waals surface area contributed by atoms with Crippen LogP contribution in [0.1, 0.15) is 12.0 Å². The molecule has 0 spiro atoms. The van der Waals surface area contributed by atoms with Crippen molar-refractivity contribution in [3.63, 3.8) is 0 Å². The normalized spacial score (nSPS) is 20.8. The fourth-order valence-electron chi connectivity index (χ4n) is 4.14. The third kappa shape index (κ3) is 3.99. The maximum absolute atomic E-state index is 12.9. The van der Waals surface area contributed by atoms with E-state index in [9.17, 15) is 9.59 Å². The Morgan fingerprint density at radius 3 is 2.69 bits per heavy atom. The molecule has 0 bridgehead atoms. The number of fused-ring (bicyclic) bond motifs is 1. The lowest BCUT2D eigenvalue weighted by Crippen LogP contribution is -2.53. The van der Waals surface area contributed by atoms with Crippen molar-refractivity contribution in [2.24, 2.45) is 0 Å². The summed E-state index contributed by atoms with van der Waals surface area (Å²) < 4.78 is 0. The number of nitrogens with one attached hydrogen (secondary N) is 2. The number of para-hydroxylation sites is 2. The van der Waals surface area contributed by atoms with E-state index in [1.54, 1.807) is 9.80 Å². The lowest BCUT2D eigenvalue weighted by molar-refractivity contribution is 0.162. The second-order valence-corrected chi connectivity index (χ2v) is 7.75. The molecule has 4 rings (SSSR count). The zero-order chi connectivity index (χ0) is 20.4. The average Bonchev–Trinajstić information content (AvgIpc) is 3.03. The first-order chi connectivity index (χ1) is 14.0. The predicted octanol–water partition coefficient (Wildman–Crippen LogP) is 2.95. The smallest absolute Gasteiger partial charge is 0.321 e. The molecule has 0 aromatic heterocycles. The maximum Gasteiger partial charge on any atom is 0.321 e. The van der Waals surface area contributed by atoms with Gasteiger partial charge in [-0.05, 0) is 30.2 Å². The molecule has 0 aliphatic carbocycles. The van der Waals surface area contributed by atoms with Gasteiger partial charge >= 0.3 is 12.1 Å². The van der Waals surface area contributed by atoms with Crippen molar-refractivity contribution in [2.75, 3.05) is 37.4 Å². The molecule has 2 fully saturated rings. The summed E-state index contributed by atoms with van der Waals surface area (Å²) in [5.41, 5.74) is 2.99. The molecule has 0 unspecified atom stereocenters. The van der Waals surface area contributed by atoms with Gasteiger partial charge in [-0.15, -0.1) is 0 Å². The van der Waals surface area contributed by atoms with E-state index in [0.717, 1.165) is 23.4 Å². The number of piperidine rings is 1. The van der Waals surface area contributed by atoms with Gasteiger partial charge in [0.05, 0.1) is 12.1 Å².